The molecule has 0 fully saturated rings. The predicted molar refractivity (Wildman–Crippen MR) is 126 cm³/mol. The number of aromatic carboxylic acids is 1. The van der Waals surface area contributed by atoms with Crippen LogP contribution in [0.3, 0.4) is 0 Å². The van der Waals surface area contributed by atoms with Crippen LogP contribution in [-0.2, 0) is 6.54 Å². The first-order valence-electron chi connectivity index (χ1n) is 10.4. The van der Waals surface area contributed by atoms with Gasteiger partial charge in [0.1, 0.15) is 11.5 Å². The van der Waals surface area contributed by atoms with E-state index in [0.717, 1.165) is 39.6 Å². The number of benzene rings is 2. The van der Waals surface area contributed by atoms with E-state index in [2.05, 4.69) is 6.58 Å². The van der Waals surface area contributed by atoms with Crippen molar-refractivity contribution in [2.75, 3.05) is 0 Å². The molecule has 0 aliphatic rings. The summed E-state index contributed by atoms with van der Waals surface area (Å²) in [5.41, 5.74) is 5.45. The van der Waals surface area contributed by atoms with Gasteiger partial charge < -0.3 is 9.67 Å². The van der Waals surface area contributed by atoms with Gasteiger partial charge in [-0.3, -0.25) is 0 Å². The van der Waals surface area contributed by atoms with Gasteiger partial charge in [0.05, 0.1) is 6.54 Å². The second-order valence-corrected chi connectivity index (χ2v) is 7.93. The lowest BCUT2D eigenvalue weighted by Gasteiger charge is -2.12. The van der Waals surface area contributed by atoms with Crippen molar-refractivity contribution in [1.29, 1.82) is 0 Å². The van der Waals surface area contributed by atoms with Crippen molar-refractivity contribution in [1.82, 2.24) is 4.57 Å². The van der Waals surface area contributed by atoms with E-state index in [0.29, 0.717) is 11.1 Å². The number of nitrogens with zero attached hydrogens (tertiary/aromatic N) is 1. The van der Waals surface area contributed by atoms with Crippen LogP contribution < -0.4 is 0 Å². The van der Waals surface area contributed by atoms with E-state index in [1.54, 1.807) is 16.7 Å². The zero-order chi connectivity index (χ0) is 22.7. The Morgan fingerprint density at radius 3 is 2.48 bits per heavy atom. The topological polar surface area (TPSA) is 42.2 Å². The van der Waals surface area contributed by atoms with Crippen LogP contribution in [0.5, 0.6) is 0 Å². The van der Waals surface area contributed by atoms with Crippen molar-refractivity contribution in [3.63, 3.8) is 0 Å². The number of fused-ring (bicyclic) bond motifs is 1. The molecule has 0 radical (unpaired) electrons. The molecule has 160 valence electrons. The van der Waals surface area contributed by atoms with E-state index in [9.17, 15) is 14.3 Å². The monoisotopic (exact) mass is 417 g/mol. The highest BCUT2D eigenvalue weighted by Gasteiger charge is 2.25. The Balaban J connectivity index is 2.38. The summed E-state index contributed by atoms with van der Waals surface area (Å²) in [7, 11) is 0. The van der Waals surface area contributed by atoms with Gasteiger partial charge in [0, 0.05) is 22.0 Å². The van der Waals surface area contributed by atoms with E-state index >= 15 is 0 Å². The van der Waals surface area contributed by atoms with Crippen molar-refractivity contribution in [3.05, 3.63) is 101 Å². The molecule has 0 saturated carbocycles. The molecule has 31 heavy (non-hydrogen) atoms. The van der Waals surface area contributed by atoms with Crippen LogP contribution in [0.2, 0.25) is 0 Å². The van der Waals surface area contributed by atoms with Gasteiger partial charge in [0.2, 0.25) is 0 Å². The number of carboxylic acid groups (broad SMARTS) is 1. The summed E-state index contributed by atoms with van der Waals surface area (Å²) in [6.45, 7) is 12.0. The average molecular weight is 418 g/mol. The number of aryl methyl sites for hydroxylation is 2. The largest absolute Gasteiger partial charge is 0.477 e. The van der Waals surface area contributed by atoms with Crippen LogP contribution in [-0.4, -0.2) is 15.6 Å². The second-order valence-electron chi connectivity index (χ2n) is 7.93. The number of hydrogen-bond donors (Lipinski definition) is 1. The number of rotatable bonds is 7. The lowest BCUT2D eigenvalue weighted by Crippen LogP contribution is -2.12. The van der Waals surface area contributed by atoms with E-state index < -0.39 is 5.97 Å². The summed E-state index contributed by atoms with van der Waals surface area (Å²) in [6, 6.07) is 10.7. The molecule has 0 atom stereocenters. The number of allylic oxidation sites excluding steroid dienone is 5. The molecule has 1 N–H and O–H groups in total. The first kappa shape index (κ1) is 22.3. The Labute approximate surface area is 182 Å². The standard InChI is InChI=1S/C27H28FNO2/c1-6-7-8-9-21(17(2)3)25-22-15-19(5)11-13-24(22)29(26(25)27(30)31)16-20-14-18(4)10-12-23(20)28/h7-15H,2,6,16H2,1,3-5H3,(H,30,31)/b8-7-,21-9+. The molecule has 2 aromatic carbocycles. The zero-order valence-corrected chi connectivity index (χ0v) is 18.5. The summed E-state index contributed by atoms with van der Waals surface area (Å²) in [5.74, 6) is -1.40. The average Bonchev–Trinajstić information content (AvgIpc) is 3.01. The highest BCUT2D eigenvalue weighted by molar-refractivity contribution is 6.07. The van der Waals surface area contributed by atoms with Crippen molar-refractivity contribution >= 4 is 22.4 Å². The number of halogens is 1. The Bertz CT molecular complexity index is 1230. The van der Waals surface area contributed by atoms with Gasteiger partial charge in [-0.05, 0) is 51.0 Å². The number of hydrogen-bond acceptors (Lipinski definition) is 1. The van der Waals surface area contributed by atoms with Crippen LogP contribution >= 0.6 is 0 Å². The van der Waals surface area contributed by atoms with Crippen LogP contribution in [0, 0.1) is 19.7 Å². The zero-order valence-electron chi connectivity index (χ0n) is 18.5. The molecular formula is C27H28FNO2. The Hall–Kier alpha value is -3.40. The second kappa shape index (κ2) is 9.17. The fourth-order valence-corrected chi connectivity index (χ4v) is 3.86. The lowest BCUT2D eigenvalue weighted by molar-refractivity contribution is 0.0686. The molecule has 1 heterocycles. The minimum atomic E-state index is -1.05. The highest BCUT2D eigenvalue weighted by Crippen LogP contribution is 2.36. The molecular weight excluding hydrogens is 389 g/mol. The van der Waals surface area contributed by atoms with Gasteiger partial charge in [-0.2, -0.15) is 0 Å². The van der Waals surface area contributed by atoms with Crippen LogP contribution in [0.1, 0.15) is 53.0 Å². The fraction of sp³-hybridized carbons (Fsp3) is 0.222. The fourth-order valence-electron chi connectivity index (χ4n) is 3.86. The van der Waals surface area contributed by atoms with Gasteiger partial charge in [0.25, 0.3) is 0 Å². The van der Waals surface area contributed by atoms with Crippen molar-refractivity contribution in [2.24, 2.45) is 0 Å². The van der Waals surface area contributed by atoms with Gasteiger partial charge in [0.15, 0.2) is 0 Å². The highest BCUT2D eigenvalue weighted by atomic mass is 19.1. The van der Waals surface area contributed by atoms with E-state index in [1.165, 1.54) is 6.07 Å². The Morgan fingerprint density at radius 1 is 1.16 bits per heavy atom. The molecule has 1 aromatic heterocycles. The quantitative estimate of drug-likeness (QED) is 0.418. The number of carbonyl (C=O) groups is 1. The minimum Gasteiger partial charge on any atom is -0.477 e. The summed E-state index contributed by atoms with van der Waals surface area (Å²) >= 11 is 0. The van der Waals surface area contributed by atoms with E-state index in [4.69, 9.17) is 0 Å². The summed E-state index contributed by atoms with van der Waals surface area (Å²) in [5, 5.41) is 11.1. The van der Waals surface area contributed by atoms with Crippen molar-refractivity contribution in [3.8, 4) is 0 Å². The molecule has 3 aromatic rings. The normalized spacial score (nSPS) is 12.1. The molecule has 4 heteroatoms. The van der Waals surface area contributed by atoms with Crippen LogP contribution in [0.15, 0.2) is 66.8 Å². The predicted octanol–water partition coefficient (Wildman–Crippen LogP) is 7.07. The van der Waals surface area contributed by atoms with Crippen molar-refractivity contribution < 1.29 is 14.3 Å². The maximum absolute atomic E-state index is 14.6. The molecule has 0 aliphatic carbocycles. The molecule has 0 bridgehead atoms. The summed E-state index contributed by atoms with van der Waals surface area (Å²) in [4.78, 5) is 12.5. The first-order chi connectivity index (χ1) is 14.7. The molecule has 0 saturated heterocycles. The van der Waals surface area contributed by atoms with Gasteiger partial charge in [-0.25, -0.2) is 9.18 Å². The molecule has 3 rings (SSSR count). The van der Waals surface area contributed by atoms with E-state index in [1.807, 2.05) is 64.1 Å². The number of carboxylic acids is 1. The molecule has 3 nitrogen and oxygen atoms in total. The maximum atomic E-state index is 14.6. The molecule has 0 unspecified atom stereocenters. The molecule has 0 spiro atoms. The third-order valence-corrected chi connectivity index (χ3v) is 5.31. The summed E-state index contributed by atoms with van der Waals surface area (Å²) in [6.07, 6.45) is 6.72. The first-order valence-corrected chi connectivity index (χ1v) is 10.4. The number of aromatic nitrogens is 1. The van der Waals surface area contributed by atoms with E-state index in [-0.39, 0.29) is 18.1 Å². The summed E-state index contributed by atoms with van der Waals surface area (Å²) < 4.78 is 16.3. The van der Waals surface area contributed by atoms with Crippen LogP contribution in [0.4, 0.5) is 4.39 Å². The lowest BCUT2D eigenvalue weighted by atomic mass is 9.95. The minimum absolute atomic E-state index is 0.128. The smallest absolute Gasteiger partial charge is 0.353 e. The SMILES string of the molecule is C=C(C)/C(=C\C=C/CC)c1c(C(=O)O)n(Cc2cc(C)ccc2F)c2ccc(C)cc12. The van der Waals surface area contributed by atoms with Gasteiger partial charge >= 0.3 is 5.97 Å². The third kappa shape index (κ3) is 4.53. The molecule has 0 aliphatic heterocycles. The third-order valence-electron chi connectivity index (χ3n) is 5.31. The molecule has 0 amide bonds. The van der Waals surface area contributed by atoms with Gasteiger partial charge in [-0.1, -0.05) is 66.6 Å². The Morgan fingerprint density at radius 2 is 1.84 bits per heavy atom. The maximum Gasteiger partial charge on any atom is 0.353 e. The Kier molecular flexibility index (Phi) is 6.59. The van der Waals surface area contributed by atoms with Gasteiger partial charge in [-0.15, -0.1) is 0 Å². The van der Waals surface area contributed by atoms with Crippen molar-refractivity contribution in [2.45, 2.75) is 40.7 Å². The van der Waals surface area contributed by atoms with Crippen LogP contribution in [0.25, 0.3) is 16.5 Å².